The maximum atomic E-state index is 14.8. The highest BCUT2D eigenvalue weighted by Gasteiger charge is 2.45. The maximum absolute atomic E-state index is 14.8. The molecule has 1 aliphatic carbocycles. The van der Waals surface area contributed by atoms with E-state index in [2.05, 4.69) is 15.0 Å². The van der Waals surface area contributed by atoms with Gasteiger partial charge in [0.05, 0.1) is 35.1 Å². The Morgan fingerprint density at radius 2 is 1.75 bits per heavy atom. The van der Waals surface area contributed by atoms with Crippen LogP contribution in [0.25, 0.3) is 11.4 Å². The van der Waals surface area contributed by atoms with E-state index in [0.717, 1.165) is 24.9 Å². The SMILES string of the molecule is O=C(c1cccc(F)c1-c1ncc(F)cn1)N1C[C@H]2CC[C@H]1[C@H](Oc1ncc(C(F)(F)F)cc1F)C2. The minimum absolute atomic E-state index is 0.0134. The smallest absolute Gasteiger partial charge is 0.417 e. The third-order valence-corrected chi connectivity index (χ3v) is 6.47. The van der Waals surface area contributed by atoms with Gasteiger partial charge < -0.3 is 9.64 Å². The van der Waals surface area contributed by atoms with Crippen LogP contribution in [0.4, 0.5) is 26.3 Å². The van der Waals surface area contributed by atoms with Crippen LogP contribution in [0.15, 0.2) is 42.9 Å². The van der Waals surface area contributed by atoms with Gasteiger partial charge in [0.1, 0.15) is 11.9 Å². The number of aromatic nitrogens is 3. The Kier molecular flexibility index (Phi) is 6.05. The van der Waals surface area contributed by atoms with E-state index < -0.39 is 53.1 Å². The minimum Gasteiger partial charge on any atom is -0.470 e. The van der Waals surface area contributed by atoms with Gasteiger partial charge in [-0.1, -0.05) is 6.07 Å². The largest absolute Gasteiger partial charge is 0.470 e. The summed E-state index contributed by atoms with van der Waals surface area (Å²) >= 11 is 0. The van der Waals surface area contributed by atoms with Gasteiger partial charge in [-0.15, -0.1) is 0 Å². The molecule has 0 spiro atoms. The number of halogens is 6. The van der Waals surface area contributed by atoms with Crippen molar-refractivity contribution < 1.29 is 35.9 Å². The average molecular weight is 508 g/mol. The van der Waals surface area contributed by atoms with Crippen LogP contribution in [0, 0.1) is 23.4 Å². The first-order chi connectivity index (χ1) is 17.1. The molecule has 0 radical (unpaired) electrons. The molecule has 0 N–H and O–H groups in total. The second kappa shape index (κ2) is 9.07. The number of piperidine rings is 2. The van der Waals surface area contributed by atoms with Crippen molar-refractivity contribution in [2.75, 3.05) is 6.54 Å². The van der Waals surface area contributed by atoms with Crippen molar-refractivity contribution in [3.8, 4) is 17.3 Å². The molecule has 3 aliphatic rings. The summed E-state index contributed by atoms with van der Waals surface area (Å²) in [6.45, 7) is 0.340. The molecule has 4 heterocycles. The van der Waals surface area contributed by atoms with Crippen LogP contribution in [0.3, 0.4) is 0 Å². The van der Waals surface area contributed by atoms with Crippen LogP contribution < -0.4 is 4.74 Å². The first-order valence-corrected chi connectivity index (χ1v) is 11.1. The van der Waals surface area contributed by atoms with Gasteiger partial charge in [-0.05, 0) is 43.4 Å². The van der Waals surface area contributed by atoms with E-state index >= 15 is 0 Å². The number of pyridine rings is 1. The van der Waals surface area contributed by atoms with E-state index in [0.29, 0.717) is 31.6 Å². The molecule has 6 rings (SSSR count). The van der Waals surface area contributed by atoms with E-state index in [9.17, 15) is 31.1 Å². The standard InChI is InChI=1S/C24H18F6N4O2/c25-14-9-31-21(32-10-14)20-15(2-1-3-16(20)26)23(35)34-11-12-4-5-18(34)19(6-12)36-22-17(27)7-13(8-33-22)24(28,29)30/h1-3,7-10,12,18-19H,4-6,11H2/t12-,18-,19+/m0/s1. The Hall–Kier alpha value is -3.70. The lowest BCUT2D eigenvalue weighted by Gasteiger charge is -2.49. The summed E-state index contributed by atoms with van der Waals surface area (Å²) in [5.41, 5.74) is -1.46. The first-order valence-electron chi connectivity index (χ1n) is 11.1. The summed E-state index contributed by atoms with van der Waals surface area (Å²) < 4.78 is 86.6. The van der Waals surface area contributed by atoms with Crippen LogP contribution in [-0.2, 0) is 6.18 Å². The molecule has 3 aromatic rings. The molecule has 1 aromatic carbocycles. The summed E-state index contributed by atoms with van der Waals surface area (Å²) in [7, 11) is 0. The number of carbonyl (C=O) groups excluding carboxylic acids is 1. The molecule has 2 saturated heterocycles. The van der Waals surface area contributed by atoms with Gasteiger partial charge in [-0.2, -0.15) is 13.2 Å². The molecule has 2 bridgehead atoms. The number of ether oxygens (including phenoxy) is 1. The fourth-order valence-electron chi connectivity index (χ4n) is 4.83. The van der Waals surface area contributed by atoms with E-state index in [1.54, 1.807) is 0 Å². The average Bonchev–Trinajstić information content (AvgIpc) is 2.85. The number of benzene rings is 1. The maximum Gasteiger partial charge on any atom is 0.417 e. The predicted octanol–water partition coefficient (Wildman–Crippen LogP) is 5.05. The number of alkyl halides is 3. The quantitative estimate of drug-likeness (QED) is 0.462. The number of hydrogen-bond donors (Lipinski definition) is 0. The molecular weight excluding hydrogens is 490 g/mol. The summed E-state index contributed by atoms with van der Waals surface area (Å²) in [4.78, 5) is 26.2. The molecular formula is C24H18F6N4O2. The lowest BCUT2D eigenvalue weighted by molar-refractivity contribution is -0.138. The Morgan fingerprint density at radius 1 is 1.00 bits per heavy atom. The van der Waals surface area contributed by atoms with Crippen molar-refractivity contribution in [2.45, 2.75) is 37.6 Å². The Balaban J connectivity index is 1.43. The lowest BCUT2D eigenvalue weighted by Crippen LogP contribution is -2.59. The molecule has 12 heteroatoms. The molecule has 3 fully saturated rings. The summed E-state index contributed by atoms with van der Waals surface area (Å²) in [5.74, 6) is -4.05. The zero-order valence-corrected chi connectivity index (χ0v) is 18.5. The van der Waals surface area contributed by atoms with Crippen LogP contribution in [0.1, 0.15) is 35.2 Å². The van der Waals surface area contributed by atoms with Gasteiger partial charge in [0.25, 0.3) is 11.8 Å². The van der Waals surface area contributed by atoms with Gasteiger partial charge >= 0.3 is 6.18 Å². The Bertz CT molecular complexity index is 1300. The molecule has 36 heavy (non-hydrogen) atoms. The van der Waals surface area contributed by atoms with E-state index in [-0.39, 0.29) is 22.9 Å². The van der Waals surface area contributed by atoms with Crippen molar-refractivity contribution in [3.63, 3.8) is 0 Å². The van der Waals surface area contributed by atoms with Crippen molar-refractivity contribution in [3.05, 3.63) is 71.4 Å². The number of hydrogen-bond acceptors (Lipinski definition) is 5. The molecule has 2 aromatic heterocycles. The minimum atomic E-state index is -4.75. The number of nitrogens with zero attached hydrogens (tertiary/aromatic N) is 4. The topological polar surface area (TPSA) is 68.2 Å². The molecule has 188 valence electrons. The van der Waals surface area contributed by atoms with Gasteiger partial charge in [-0.3, -0.25) is 4.79 Å². The fourth-order valence-corrected chi connectivity index (χ4v) is 4.83. The fraction of sp³-hybridized carbons (Fsp3) is 0.333. The molecule has 1 amide bonds. The Morgan fingerprint density at radius 3 is 2.42 bits per heavy atom. The highest BCUT2D eigenvalue weighted by atomic mass is 19.4. The van der Waals surface area contributed by atoms with Crippen LogP contribution in [0.5, 0.6) is 5.88 Å². The normalized spacial score (nSPS) is 21.5. The number of rotatable bonds is 4. The van der Waals surface area contributed by atoms with Gasteiger partial charge in [0, 0.05) is 12.7 Å². The van der Waals surface area contributed by atoms with Gasteiger partial charge in [0.2, 0.25) is 0 Å². The molecule has 3 atom stereocenters. The molecule has 1 saturated carbocycles. The molecule has 2 aliphatic heterocycles. The van der Waals surface area contributed by atoms with Gasteiger partial charge in [-0.25, -0.2) is 28.1 Å². The van der Waals surface area contributed by atoms with E-state index in [1.165, 1.54) is 17.0 Å². The van der Waals surface area contributed by atoms with Crippen molar-refractivity contribution in [1.82, 2.24) is 19.9 Å². The highest BCUT2D eigenvalue weighted by molar-refractivity contribution is 6.00. The highest BCUT2D eigenvalue weighted by Crippen LogP contribution is 2.39. The van der Waals surface area contributed by atoms with Crippen LogP contribution in [-0.4, -0.2) is 44.4 Å². The zero-order chi connectivity index (χ0) is 25.6. The second-order valence-corrected chi connectivity index (χ2v) is 8.76. The second-order valence-electron chi connectivity index (χ2n) is 8.76. The zero-order valence-electron chi connectivity index (χ0n) is 18.5. The summed E-state index contributed by atoms with van der Waals surface area (Å²) in [6.07, 6.45) is -1.54. The summed E-state index contributed by atoms with van der Waals surface area (Å²) in [5, 5.41) is 0. The van der Waals surface area contributed by atoms with E-state index in [1.807, 2.05) is 0 Å². The number of amides is 1. The summed E-state index contributed by atoms with van der Waals surface area (Å²) in [6, 6.07) is 3.66. The van der Waals surface area contributed by atoms with Crippen molar-refractivity contribution in [1.29, 1.82) is 0 Å². The third-order valence-electron chi connectivity index (χ3n) is 6.47. The van der Waals surface area contributed by atoms with Gasteiger partial charge in [0.15, 0.2) is 17.5 Å². The predicted molar refractivity (Wildman–Crippen MR) is 113 cm³/mol. The van der Waals surface area contributed by atoms with Crippen LogP contribution in [0.2, 0.25) is 0 Å². The van der Waals surface area contributed by atoms with E-state index in [4.69, 9.17) is 4.74 Å². The van der Waals surface area contributed by atoms with Crippen molar-refractivity contribution in [2.24, 2.45) is 5.92 Å². The number of fused-ring (bicyclic) bond motifs is 3. The Labute approximate surface area is 201 Å². The van der Waals surface area contributed by atoms with Crippen LogP contribution >= 0.6 is 0 Å². The lowest BCUT2D eigenvalue weighted by atomic mass is 9.77. The third kappa shape index (κ3) is 4.47. The van der Waals surface area contributed by atoms with Crippen molar-refractivity contribution >= 4 is 5.91 Å². The molecule has 0 unspecified atom stereocenters. The molecule has 6 nitrogen and oxygen atoms in total. The first kappa shape index (κ1) is 24.0. The number of carbonyl (C=O) groups is 1. The monoisotopic (exact) mass is 508 g/mol.